The molecule has 0 radical (unpaired) electrons. The van der Waals surface area contributed by atoms with Crippen LogP contribution >= 0.6 is 11.6 Å². The molecule has 1 fully saturated rings. The molecular formula is C32H42ClF. The van der Waals surface area contributed by atoms with E-state index in [2.05, 4.69) is 44.2 Å². The Bertz CT molecular complexity index is 950. The van der Waals surface area contributed by atoms with Crippen LogP contribution in [0.15, 0.2) is 42.5 Å². The van der Waals surface area contributed by atoms with E-state index in [-0.39, 0.29) is 5.82 Å². The molecule has 34 heavy (non-hydrogen) atoms. The van der Waals surface area contributed by atoms with Gasteiger partial charge in [0, 0.05) is 5.56 Å². The maximum atomic E-state index is 15.1. The van der Waals surface area contributed by atoms with Crippen LogP contribution in [0.1, 0.15) is 102 Å². The molecule has 184 valence electrons. The van der Waals surface area contributed by atoms with Crippen molar-refractivity contribution in [1.82, 2.24) is 0 Å². The molecule has 0 nitrogen and oxygen atoms in total. The fourth-order valence-corrected chi connectivity index (χ4v) is 6.60. The minimum Gasteiger partial charge on any atom is -0.205 e. The first-order chi connectivity index (χ1) is 16.6. The molecule has 0 spiro atoms. The van der Waals surface area contributed by atoms with E-state index in [1.807, 2.05) is 12.1 Å². The Balaban J connectivity index is 1.37. The Labute approximate surface area is 212 Å². The van der Waals surface area contributed by atoms with E-state index in [4.69, 9.17) is 11.6 Å². The van der Waals surface area contributed by atoms with E-state index in [9.17, 15) is 0 Å². The zero-order valence-electron chi connectivity index (χ0n) is 21.2. The highest BCUT2D eigenvalue weighted by Gasteiger charge is 2.28. The van der Waals surface area contributed by atoms with Crippen molar-refractivity contribution < 1.29 is 4.39 Å². The third-order valence-electron chi connectivity index (χ3n) is 8.49. The highest BCUT2D eigenvalue weighted by Crippen LogP contribution is 2.42. The summed E-state index contributed by atoms with van der Waals surface area (Å²) in [6.07, 6.45) is 19.0. The zero-order valence-corrected chi connectivity index (χ0v) is 22.0. The molecule has 0 heterocycles. The molecule has 0 bridgehead atoms. The summed E-state index contributed by atoms with van der Waals surface area (Å²) in [5, 5.41) is 0.294. The van der Waals surface area contributed by atoms with Gasteiger partial charge in [0.25, 0.3) is 0 Å². The van der Waals surface area contributed by atoms with Gasteiger partial charge in [-0.25, -0.2) is 4.39 Å². The largest absolute Gasteiger partial charge is 0.205 e. The summed E-state index contributed by atoms with van der Waals surface area (Å²) in [6, 6.07) is 12.4. The second kappa shape index (κ2) is 12.4. The second-order valence-electron chi connectivity index (χ2n) is 10.8. The average molecular weight is 481 g/mol. The Kier molecular flexibility index (Phi) is 9.29. The first kappa shape index (κ1) is 25.5. The minimum atomic E-state index is -0.281. The summed E-state index contributed by atoms with van der Waals surface area (Å²) < 4.78 is 15.1. The van der Waals surface area contributed by atoms with Crippen LogP contribution in [-0.4, -0.2) is 0 Å². The van der Waals surface area contributed by atoms with Crippen molar-refractivity contribution in [2.24, 2.45) is 17.8 Å². The minimum absolute atomic E-state index is 0.281. The lowest BCUT2D eigenvalue weighted by Gasteiger charge is -2.35. The summed E-state index contributed by atoms with van der Waals surface area (Å²) in [6.45, 7) is 4.50. The van der Waals surface area contributed by atoms with E-state index >= 15 is 4.39 Å². The van der Waals surface area contributed by atoms with Gasteiger partial charge in [-0.05, 0) is 85.0 Å². The SMILES string of the molecule is CCCCCc1ccc(-c2ccc(C3=CCC(C4CCC(CCC)CC4)CC3)cc2)c(F)c1Cl. The molecule has 2 heteroatoms. The van der Waals surface area contributed by atoms with Gasteiger partial charge in [0.05, 0.1) is 5.02 Å². The van der Waals surface area contributed by atoms with Crippen molar-refractivity contribution in [1.29, 1.82) is 0 Å². The van der Waals surface area contributed by atoms with Crippen LogP contribution in [0.3, 0.4) is 0 Å². The highest BCUT2D eigenvalue weighted by molar-refractivity contribution is 6.31. The number of halogens is 2. The number of benzene rings is 2. The van der Waals surface area contributed by atoms with Crippen LogP contribution in [0.2, 0.25) is 5.02 Å². The van der Waals surface area contributed by atoms with Crippen molar-refractivity contribution in [3.63, 3.8) is 0 Å². The molecule has 0 aliphatic heterocycles. The summed E-state index contributed by atoms with van der Waals surface area (Å²) in [4.78, 5) is 0. The molecule has 1 saturated carbocycles. The Morgan fingerprint density at radius 2 is 1.56 bits per heavy atom. The first-order valence-corrected chi connectivity index (χ1v) is 14.2. The molecule has 4 rings (SSSR count). The van der Waals surface area contributed by atoms with Crippen LogP contribution < -0.4 is 0 Å². The van der Waals surface area contributed by atoms with E-state index in [1.54, 1.807) is 0 Å². The molecule has 0 saturated heterocycles. The quantitative estimate of drug-likeness (QED) is 0.313. The molecule has 1 unspecified atom stereocenters. The van der Waals surface area contributed by atoms with Crippen LogP contribution in [0.4, 0.5) is 4.39 Å². The number of hydrogen-bond donors (Lipinski definition) is 0. The third-order valence-corrected chi connectivity index (χ3v) is 8.89. The highest BCUT2D eigenvalue weighted by atomic mass is 35.5. The van der Waals surface area contributed by atoms with Crippen molar-refractivity contribution in [3.8, 4) is 11.1 Å². The number of unbranched alkanes of at least 4 members (excludes halogenated alkanes) is 2. The van der Waals surface area contributed by atoms with Gasteiger partial charge in [0.1, 0.15) is 5.82 Å². The van der Waals surface area contributed by atoms with Crippen LogP contribution in [0.5, 0.6) is 0 Å². The second-order valence-corrected chi connectivity index (χ2v) is 11.1. The van der Waals surface area contributed by atoms with E-state index in [0.717, 1.165) is 54.6 Å². The number of rotatable bonds is 9. The number of hydrogen-bond acceptors (Lipinski definition) is 0. The van der Waals surface area contributed by atoms with Gasteiger partial charge in [-0.1, -0.05) is 106 Å². The normalized spacial score (nSPS) is 23.1. The van der Waals surface area contributed by atoms with Crippen LogP contribution in [0, 0.1) is 23.6 Å². The van der Waals surface area contributed by atoms with Crippen molar-refractivity contribution in [2.75, 3.05) is 0 Å². The monoisotopic (exact) mass is 480 g/mol. The van der Waals surface area contributed by atoms with Gasteiger partial charge < -0.3 is 0 Å². The topological polar surface area (TPSA) is 0 Å². The lowest BCUT2D eigenvalue weighted by molar-refractivity contribution is 0.189. The van der Waals surface area contributed by atoms with Gasteiger partial charge in [0.2, 0.25) is 0 Å². The predicted octanol–water partition coefficient (Wildman–Crippen LogP) is 10.7. The van der Waals surface area contributed by atoms with E-state index in [0.29, 0.717) is 10.6 Å². The van der Waals surface area contributed by atoms with E-state index in [1.165, 1.54) is 68.9 Å². The fourth-order valence-electron chi connectivity index (χ4n) is 6.34. The Morgan fingerprint density at radius 3 is 2.21 bits per heavy atom. The molecule has 2 aromatic rings. The average Bonchev–Trinajstić information content (AvgIpc) is 2.88. The first-order valence-electron chi connectivity index (χ1n) is 13.9. The van der Waals surface area contributed by atoms with Gasteiger partial charge in [-0.2, -0.15) is 0 Å². The van der Waals surface area contributed by atoms with Crippen LogP contribution in [0.25, 0.3) is 16.7 Å². The number of aryl methyl sites for hydroxylation is 1. The summed E-state index contributed by atoms with van der Waals surface area (Å²) in [5.74, 6) is 2.52. The van der Waals surface area contributed by atoms with Gasteiger partial charge in [-0.3, -0.25) is 0 Å². The maximum Gasteiger partial charge on any atom is 0.149 e. The summed E-state index contributed by atoms with van der Waals surface area (Å²) >= 11 is 6.40. The predicted molar refractivity (Wildman–Crippen MR) is 146 cm³/mol. The summed E-state index contributed by atoms with van der Waals surface area (Å²) in [5.41, 5.74) is 5.19. The molecule has 2 aliphatic rings. The maximum absolute atomic E-state index is 15.1. The molecule has 0 aromatic heterocycles. The van der Waals surface area contributed by atoms with Crippen molar-refractivity contribution in [3.05, 3.63) is 64.4 Å². The molecule has 0 amide bonds. The smallest absolute Gasteiger partial charge is 0.149 e. The zero-order chi connectivity index (χ0) is 23.9. The summed E-state index contributed by atoms with van der Waals surface area (Å²) in [7, 11) is 0. The fraction of sp³-hybridized carbons (Fsp3) is 0.562. The van der Waals surface area contributed by atoms with Gasteiger partial charge in [0.15, 0.2) is 0 Å². The molecule has 2 aromatic carbocycles. The van der Waals surface area contributed by atoms with Crippen molar-refractivity contribution in [2.45, 2.75) is 97.3 Å². The Morgan fingerprint density at radius 1 is 0.824 bits per heavy atom. The molecular weight excluding hydrogens is 439 g/mol. The third kappa shape index (κ3) is 6.14. The standard InChI is InChI=1S/C32H42ClF/c1-3-5-6-8-29-21-22-30(32(34)31(29)33)28-19-17-27(18-20-28)26-15-13-25(14-16-26)24-11-9-23(7-4-2)10-12-24/h15,17-25H,3-14,16H2,1-2H3. The number of allylic oxidation sites excluding steroid dienone is 2. The lowest BCUT2D eigenvalue weighted by Crippen LogP contribution is -2.23. The molecule has 1 atom stereocenters. The van der Waals surface area contributed by atoms with Gasteiger partial charge >= 0.3 is 0 Å². The lowest BCUT2D eigenvalue weighted by atomic mass is 9.70. The van der Waals surface area contributed by atoms with Gasteiger partial charge in [-0.15, -0.1) is 0 Å². The van der Waals surface area contributed by atoms with E-state index < -0.39 is 0 Å². The molecule has 0 N–H and O–H groups in total. The Hall–Kier alpha value is -1.60. The molecule has 2 aliphatic carbocycles. The van der Waals surface area contributed by atoms with Crippen LogP contribution in [-0.2, 0) is 6.42 Å². The van der Waals surface area contributed by atoms with Crippen molar-refractivity contribution >= 4 is 17.2 Å².